The zero-order valence-electron chi connectivity index (χ0n) is 10.7. The number of carbonyl (C=O) groups is 1. The predicted octanol–water partition coefficient (Wildman–Crippen LogP) is 2.90. The third-order valence-electron chi connectivity index (χ3n) is 2.70. The summed E-state index contributed by atoms with van der Waals surface area (Å²) < 4.78 is 9.73. The summed E-state index contributed by atoms with van der Waals surface area (Å²) >= 11 is 0. The molecule has 0 atom stereocenters. The molecule has 17 heavy (non-hydrogen) atoms. The van der Waals surface area contributed by atoms with Gasteiger partial charge in [0.1, 0.15) is 5.76 Å². The van der Waals surface area contributed by atoms with Crippen molar-refractivity contribution in [2.75, 3.05) is 7.11 Å². The largest absolute Gasteiger partial charge is 0.469 e. The van der Waals surface area contributed by atoms with E-state index >= 15 is 0 Å². The molecule has 0 bridgehead atoms. The molecule has 0 radical (unpaired) electrons. The van der Waals surface area contributed by atoms with Gasteiger partial charge in [0.05, 0.1) is 19.2 Å². The van der Waals surface area contributed by atoms with Gasteiger partial charge in [0, 0.05) is 12.5 Å². The van der Waals surface area contributed by atoms with Crippen LogP contribution in [-0.2, 0) is 22.4 Å². The SMILES string of the molecule is CCCCCCc1cc(CCC(=O)OC)on1. The second-order valence-corrected chi connectivity index (χ2v) is 4.17. The van der Waals surface area contributed by atoms with Crippen LogP contribution in [0.15, 0.2) is 10.6 Å². The molecule has 0 aliphatic rings. The number of esters is 1. The van der Waals surface area contributed by atoms with Crippen molar-refractivity contribution in [3.63, 3.8) is 0 Å². The number of rotatable bonds is 8. The van der Waals surface area contributed by atoms with E-state index in [2.05, 4.69) is 16.8 Å². The third kappa shape index (κ3) is 5.52. The van der Waals surface area contributed by atoms with Gasteiger partial charge in [-0.25, -0.2) is 0 Å². The summed E-state index contributed by atoms with van der Waals surface area (Å²) in [7, 11) is 1.39. The number of aryl methyl sites for hydroxylation is 2. The predicted molar refractivity (Wildman–Crippen MR) is 64.7 cm³/mol. The Balaban J connectivity index is 2.25. The summed E-state index contributed by atoms with van der Waals surface area (Å²) in [6.07, 6.45) is 6.77. The fourth-order valence-electron chi connectivity index (χ4n) is 1.65. The van der Waals surface area contributed by atoms with E-state index < -0.39 is 0 Å². The highest BCUT2D eigenvalue weighted by Crippen LogP contribution is 2.10. The van der Waals surface area contributed by atoms with E-state index in [9.17, 15) is 4.79 Å². The number of hydrogen-bond acceptors (Lipinski definition) is 4. The quantitative estimate of drug-likeness (QED) is 0.517. The van der Waals surface area contributed by atoms with Crippen molar-refractivity contribution in [3.05, 3.63) is 17.5 Å². The van der Waals surface area contributed by atoms with Crippen LogP contribution < -0.4 is 0 Å². The Kier molecular flexibility index (Phi) is 6.37. The van der Waals surface area contributed by atoms with Gasteiger partial charge in [-0.15, -0.1) is 0 Å². The molecule has 0 amide bonds. The molecular formula is C13H21NO3. The number of methoxy groups -OCH3 is 1. The van der Waals surface area contributed by atoms with Crippen LogP contribution in [0.3, 0.4) is 0 Å². The van der Waals surface area contributed by atoms with Crippen molar-refractivity contribution in [1.82, 2.24) is 5.16 Å². The Bertz CT molecular complexity index is 333. The molecule has 1 aromatic heterocycles. The van der Waals surface area contributed by atoms with Crippen LogP contribution in [0.1, 0.15) is 50.5 Å². The summed E-state index contributed by atoms with van der Waals surface area (Å²) in [4.78, 5) is 11.0. The van der Waals surface area contributed by atoms with Crippen LogP contribution in [0.5, 0.6) is 0 Å². The lowest BCUT2D eigenvalue weighted by Crippen LogP contribution is -2.01. The van der Waals surface area contributed by atoms with Crippen molar-refractivity contribution in [1.29, 1.82) is 0 Å². The molecule has 0 N–H and O–H groups in total. The summed E-state index contributed by atoms with van der Waals surface area (Å²) in [5, 5.41) is 3.99. The number of unbranched alkanes of at least 4 members (excludes halogenated alkanes) is 3. The molecule has 0 fully saturated rings. The molecule has 1 rings (SSSR count). The monoisotopic (exact) mass is 239 g/mol. The number of aromatic nitrogens is 1. The molecule has 0 unspecified atom stereocenters. The standard InChI is InChI=1S/C13H21NO3/c1-3-4-5-6-7-11-10-12(17-14-11)8-9-13(15)16-2/h10H,3-9H2,1-2H3. The average Bonchev–Trinajstić information content (AvgIpc) is 2.79. The molecule has 4 nitrogen and oxygen atoms in total. The smallest absolute Gasteiger partial charge is 0.305 e. The van der Waals surface area contributed by atoms with Gasteiger partial charge in [0.2, 0.25) is 0 Å². The maximum absolute atomic E-state index is 11.0. The van der Waals surface area contributed by atoms with Crippen LogP contribution in [0.2, 0.25) is 0 Å². The Hall–Kier alpha value is -1.32. The van der Waals surface area contributed by atoms with Crippen LogP contribution >= 0.6 is 0 Å². The highest BCUT2D eigenvalue weighted by Gasteiger charge is 2.07. The van der Waals surface area contributed by atoms with E-state index in [1.165, 1.54) is 26.4 Å². The van der Waals surface area contributed by atoms with Gasteiger partial charge in [0.15, 0.2) is 0 Å². The lowest BCUT2D eigenvalue weighted by Gasteiger charge is -1.95. The molecule has 0 spiro atoms. The maximum atomic E-state index is 11.0. The van der Waals surface area contributed by atoms with Crippen molar-refractivity contribution >= 4 is 5.97 Å². The summed E-state index contributed by atoms with van der Waals surface area (Å²) in [5.41, 5.74) is 0.987. The first-order chi connectivity index (χ1) is 8.26. The minimum atomic E-state index is -0.217. The zero-order valence-corrected chi connectivity index (χ0v) is 10.7. The van der Waals surface area contributed by atoms with Crippen molar-refractivity contribution < 1.29 is 14.1 Å². The molecule has 1 heterocycles. The molecule has 0 aliphatic carbocycles. The van der Waals surface area contributed by atoms with Gasteiger partial charge in [-0.1, -0.05) is 31.3 Å². The number of hydrogen-bond donors (Lipinski definition) is 0. The van der Waals surface area contributed by atoms with Crippen LogP contribution in [0.25, 0.3) is 0 Å². The molecule has 4 heteroatoms. The lowest BCUT2D eigenvalue weighted by molar-refractivity contribution is -0.140. The minimum Gasteiger partial charge on any atom is -0.469 e. The number of ether oxygens (including phenoxy) is 1. The first-order valence-electron chi connectivity index (χ1n) is 6.27. The Labute approximate surface area is 102 Å². The first kappa shape index (κ1) is 13.7. The average molecular weight is 239 g/mol. The topological polar surface area (TPSA) is 52.3 Å². The van der Waals surface area contributed by atoms with Crippen molar-refractivity contribution in [3.8, 4) is 0 Å². The van der Waals surface area contributed by atoms with Gasteiger partial charge in [-0.2, -0.15) is 0 Å². The van der Waals surface area contributed by atoms with E-state index in [0.717, 1.165) is 24.3 Å². The Morgan fingerprint density at radius 3 is 2.88 bits per heavy atom. The third-order valence-corrected chi connectivity index (χ3v) is 2.70. The van der Waals surface area contributed by atoms with Crippen LogP contribution in [-0.4, -0.2) is 18.2 Å². The Morgan fingerprint density at radius 1 is 1.35 bits per heavy atom. The normalized spacial score (nSPS) is 10.5. The van der Waals surface area contributed by atoms with Crippen LogP contribution in [0, 0.1) is 0 Å². The van der Waals surface area contributed by atoms with Gasteiger partial charge >= 0.3 is 5.97 Å². The first-order valence-corrected chi connectivity index (χ1v) is 6.27. The fraction of sp³-hybridized carbons (Fsp3) is 0.692. The van der Waals surface area contributed by atoms with Crippen molar-refractivity contribution in [2.45, 2.75) is 51.9 Å². The van der Waals surface area contributed by atoms with Gasteiger partial charge < -0.3 is 9.26 Å². The maximum Gasteiger partial charge on any atom is 0.305 e. The number of nitrogens with zero attached hydrogens (tertiary/aromatic N) is 1. The van der Waals surface area contributed by atoms with Crippen LogP contribution in [0.4, 0.5) is 0 Å². The zero-order chi connectivity index (χ0) is 12.5. The summed E-state index contributed by atoms with van der Waals surface area (Å²) in [6, 6.07) is 1.94. The second kappa shape index (κ2) is 7.87. The molecule has 0 saturated heterocycles. The van der Waals surface area contributed by atoms with E-state index in [1.54, 1.807) is 0 Å². The fourth-order valence-corrected chi connectivity index (χ4v) is 1.65. The lowest BCUT2D eigenvalue weighted by atomic mass is 10.1. The summed E-state index contributed by atoms with van der Waals surface area (Å²) in [6.45, 7) is 2.20. The minimum absolute atomic E-state index is 0.217. The van der Waals surface area contributed by atoms with Crippen molar-refractivity contribution in [2.24, 2.45) is 0 Å². The molecule has 0 aromatic carbocycles. The second-order valence-electron chi connectivity index (χ2n) is 4.17. The molecule has 0 saturated carbocycles. The van der Waals surface area contributed by atoms with E-state index in [0.29, 0.717) is 12.8 Å². The van der Waals surface area contributed by atoms with E-state index in [1.807, 2.05) is 6.07 Å². The van der Waals surface area contributed by atoms with Gasteiger partial charge in [0.25, 0.3) is 0 Å². The molecule has 1 aromatic rings. The van der Waals surface area contributed by atoms with Gasteiger partial charge in [-0.05, 0) is 12.8 Å². The van der Waals surface area contributed by atoms with E-state index in [-0.39, 0.29) is 5.97 Å². The summed E-state index contributed by atoms with van der Waals surface area (Å²) in [5.74, 6) is 0.548. The Morgan fingerprint density at radius 2 is 2.18 bits per heavy atom. The molecule has 96 valence electrons. The van der Waals surface area contributed by atoms with Gasteiger partial charge in [-0.3, -0.25) is 4.79 Å². The van der Waals surface area contributed by atoms with E-state index in [4.69, 9.17) is 4.52 Å². The highest BCUT2D eigenvalue weighted by molar-refractivity contribution is 5.69. The molecule has 0 aliphatic heterocycles. The molecular weight excluding hydrogens is 218 g/mol. The number of carbonyl (C=O) groups excluding carboxylic acids is 1. The highest BCUT2D eigenvalue weighted by atomic mass is 16.5.